The summed E-state index contributed by atoms with van der Waals surface area (Å²) in [7, 11) is 4.79. The number of aryl methyl sites for hydroxylation is 5. The number of benzene rings is 6. The number of carbonyl (C=O) groups is 5. The third-order valence-electron chi connectivity index (χ3n) is 22.1. The lowest BCUT2D eigenvalue weighted by atomic mass is 9.89. The predicted octanol–water partition coefficient (Wildman–Crippen LogP) is 9.15. The van der Waals surface area contributed by atoms with E-state index in [1.165, 1.54) is 79.2 Å². The van der Waals surface area contributed by atoms with Crippen LogP contribution >= 0.6 is 0 Å². The lowest BCUT2D eigenvalue weighted by Gasteiger charge is -2.29. The van der Waals surface area contributed by atoms with Crippen molar-refractivity contribution in [3.05, 3.63) is 263 Å². The number of amides is 4. The molecule has 9 heterocycles. The molecule has 3 aliphatic heterocycles. The summed E-state index contributed by atoms with van der Waals surface area (Å²) in [5, 5.41) is 25.6. The van der Waals surface area contributed by atoms with Gasteiger partial charge in [-0.15, -0.1) is 0 Å². The van der Waals surface area contributed by atoms with E-state index in [-0.39, 0.29) is 44.7 Å². The number of nitrogens with one attached hydrogen (secondary N) is 7. The van der Waals surface area contributed by atoms with E-state index in [1.807, 2.05) is 97.1 Å². The summed E-state index contributed by atoms with van der Waals surface area (Å²) in [6.07, 6.45) is 19.8. The Morgan fingerprint density at radius 3 is 1.26 bits per heavy atom. The summed E-state index contributed by atoms with van der Waals surface area (Å²) in [6.45, 7) is 9.91. The van der Waals surface area contributed by atoms with E-state index < -0.39 is 34.1 Å². The lowest BCUT2D eigenvalue weighted by molar-refractivity contribution is -0.124. The number of carboxylic acid groups (broad SMARTS) is 1. The van der Waals surface area contributed by atoms with Gasteiger partial charge in [-0.05, 0) is 214 Å². The normalized spacial score (nSPS) is 14.9. The predicted molar refractivity (Wildman–Crippen MR) is 450 cm³/mol. The second-order valence-electron chi connectivity index (χ2n) is 29.9. The van der Waals surface area contributed by atoms with Gasteiger partial charge in [0.25, 0.3) is 11.8 Å². The first-order chi connectivity index (χ1) is 57.4. The second kappa shape index (κ2) is 36.3. The van der Waals surface area contributed by atoms with Gasteiger partial charge in [0.1, 0.15) is 16.7 Å². The molecule has 118 heavy (non-hydrogen) atoms. The maximum Gasteiger partial charge on any atom is 0.341 e. The number of pyridine rings is 3. The van der Waals surface area contributed by atoms with Gasteiger partial charge in [0, 0.05) is 111 Å². The topological polar surface area (TPSA) is 361 Å². The lowest BCUT2D eigenvalue weighted by Crippen LogP contribution is -2.48. The van der Waals surface area contributed by atoms with Gasteiger partial charge in [0.15, 0.2) is 16.9 Å². The molecule has 0 bridgehead atoms. The van der Waals surface area contributed by atoms with Crippen molar-refractivity contribution in [2.24, 2.45) is 0 Å². The molecule has 0 spiro atoms. The first-order valence-electron chi connectivity index (χ1n) is 39.7. The third kappa shape index (κ3) is 18.5. The van der Waals surface area contributed by atoms with E-state index in [0.29, 0.717) is 66.9 Å². The molecular weight excluding hydrogens is 1500 g/mol. The van der Waals surface area contributed by atoms with Gasteiger partial charge in [-0.1, -0.05) is 67.6 Å². The Morgan fingerprint density at radius 1 is 0.475 bits per heavy atom. The number of rotatable bonds is 22. The van der Waals surface area contributed by atoms with Crippen LogP contribution in [0.4, 0.5) is 34.9 Å². The van der Waals surface area contributed by atoms with Crippen LogP contribution < -0.4 is 53.8 Å². The molecule has 604 valence electrons. The maximum atomic E-state index is 13.3. The molecule has 0 atom stereocenters. The summed E-state index contributed by atoms with van der Waals surface area (Å²) >= 11 is 0. The van der Waals surface area contributed by atoms with Gasteiger partial charge in [0.05, 0.1) is 43.5 Å². The molecule has 3 fully saturated rings. The number of hydrogen-bond acceptors (Lipinski definition) is 22. The van der Waals surface area contributed by atoms with Crippen LogP contribution in [0.2, 0.25) is 0 Å². The number of carboxylic acids is 1. The number of carbonyl (C=O) groups excluding carboxylic acids is 4. The molecule has 6 aromatic heterocycles. The van der Waals surface area contributed by atoms with E-state index in [0.717, 1.165) is 161 Å². The number of nitrogens with zero attached hydrogens (tertiary/aromatic N) is 12. The van der Waals surface area contributed by atoms with Crippen molar-refractivity contribution < 1.29 is 38.8 Å². The molecule has 6 aromatic carbocycles. The summed E-state index contributed by atoms with van der Waals surface area (Å²) in [5.74, 6) is -0.862. The zero-order chi connectivity index (χ0) is 81.9. The fourth-order valence-corrected chi connectivity index (χ4v) is 15.6. The highest BCUT2D eigenvalue weighted by Crippen LogP contribution is 2.32. The quantitative estimate of drug-likeness (QED) is 0.0293. The Labute approximate surface area is 678 Å². The van der Waals surface area contributed by atoms with Crippen molar-refractivity contribution in [2.75, 3.05) is 103 Å². The zero-order valence-electron chi connectivity index (χ0n) is 66.0. The molecule has 0 unspecified atom stereocenters. The van der Waals surface area contributed by atoms with E-state index in [2.05, 4.69) is 128 Å². The van der Waals surface area contributed by atoms with Crippen molar-refractivity contribution >= 4 is 97.6 Å². The summed E-state index contributed by atoms with van der Waals surface area (Å²) < 4.78 is 5.16. The number of aromatic nitrogens is 9. The van der Waals surface area contributed by atoms with Gasteiger partial charge in [-0.2, -0.15) is 15.0 Å². The number of hydrogen-bond donors (Lipinski definition) is 8. The van der Waals surface area contributed by atoms with E-state index in [4.69, 9.17) is 14.7 Å². The van der Waals surface area contributed by atoms with Crippen LogP contribution in [0.25, 0.3) is 50.2 Å². The smallest absolute Gasteiger partial charge is 0.341 e. The molecule has 30 nitrogen and oxygen atoms in total. The maximum absolute atomic E-state index is 13.3. The largest absolute Gasteiger partial charge is 0.477 e. The molecule has 4 amide bonds. The summed E-state index contributed by atoms with van der Waals surface area (Å²) in [4.78, 5) is 143. The minimum Gasteiger partial charge on any atom is -0.477 e. The summed E-state index contributed by atoms with van der Waals surface area (Å²) in [5.41, 5.74) is 18.3. The SMILES string of the molecule is CCc1ccc(-n2cc(C(=O)NOC)c(=O)c3cnc(Nc4ccc(CCN5CCNC(=O)C5)cc4)nc32)cc1.CN1CCC(c2ccc(Nc3ncc4c(=O)c(C(=O)O)cn(-c5ccc6c(c5)CCC6)c4n3)cc2)CC1.CONC(=O)c1cn(-c2ccc3c(c2)CCC3)c2nc(Nc3ccc(CCN4CCNC(=O)C4)cc3)ncc2c1=O. The fraction of sp³-hybridized carbons (Fsp3) is 0.295. The van der Waals surface area contributed by atoms with Crippen LogP contribution in [0.5, 0.6) is 0 Å². The third-order valence-corrected chi connectivity index (χ3v) is 22.1. The highest BCUT2D eigenvalue weighted by Gasteiger charge is 2.26. The second-order valence-corrected chi connectivity index (χ2v) is 29.9. The first kappa shape index (κ1) is 79.9. The van der Waals surface area contributed by atoms with Crippen LogP contribution in [-0.2, 0) is 64.2 Å². The van der Waals surface area contributed by atoms with E-state index in [1.54, 1.807) is 13.7 Å². The monoisotopic (exact) mass is 1590 g/mol. The molecule has 12 aromatic rings. The molecule has 0 radical (unpaired) electrons. The molecule has 0 saturated carbocycles. The van der Waals surface area contributed by atoms with Crippen LogP contribution in [0, 0.1) is 0 Å². The van der Waals surface area contributed by atoms with E-state index in [9.17, 15) is 43.5 Å². The Bertz CT molecular complexity index is 5970. The average Bonchev–Trinajstić information content (AvgIpc) is 0.853. The van der Waals surface area contributed by atoms with Crippen LogP contribution in [0.1, 0.15) is 114 Å². The Morgan fingerprint density at radius 2 is 0.856 bits per heavy atom. The molecular formula is C88H91N19O11. The number of anilines is 6. The Hall–Kier alpha value is -13.3. The van der Waals surface area contributed by atoms with Gasteiger partial charge in [-0.3, -0.25) is 53.0 Å². The van der Waals surface area contributed by atoms with Gasteiger partial charge >= 0.3 is 5.97 Å². The standard InChI is InChI=1S/C30H31N7O4.C29H31N7O4.C29H29N5O3/c1-41-35-29(40)25-17-37(23-10-7-20-3-2-4-21(20)15-23)28-24(27(25)39)16-32-30(34-28)33-22-8-5-19(6-9-22)11-13-36-14-12-31-26(38)18-36;1-3-19-6-10-22(11-7-19)36-17-24(28(39)34-40-2)26(38)23-16-31-29(33-27(23)36)32-21-8-4-20(5-9-21)12-14-35-15-13-30-25(37)18-35;1-33-13-11-20(12-14-33)19-5-8-22(9-6-19)31-29-30-16-24-26(35)25(28(36)37)17-34(27(24)32-29)23-10-7-18-3-2-4-21(18)15-23/h5-10,15-17H,2-4,11-14,18H2,1H3,(H,31,38)(H,35,40)(H,32,33,34);4-11,16-17H,3,12-15,18H2,1-2H3,(H,30,37)(H,34,39)(H,31,32,33);5-10,15-17,20H,2-4,11-14H2,1H3,(H,36,37)(H,30,31,32). The number of aromatic carboxylic acids is 1. The fourth-order valence-electron chi connectivity index (χ4n) is 15.6. The van der Waals surface area contributed by atoms with Crippen molar-refractivity contribution in [3.8, 4) is 17.1 Å². The van der Waals surface area contributed by atoms with Crippen LogP contribution in [0.3, 0.4) is 0 Å². The minimum absolute atomic E-state index is 0.0649. The highest BCUT2D eigenvalue weighted by molar-refractivity contribution is 5.98. The first-order valence-corrected chi connectivity index (χ1v) is 39.7. The Kier molecular flexibility index (Phi) is 24.6. The average molecular weight is 1590 g/mol. The number of likely N-dealkylation sites (tertiary alicyclic amines) is 1. The molecule has 8 N–H and O–H groups in total. The number of piperidine rings is 1. The van der Waals surface area contributed by atoms with Crippen molar-refractivity contribution in [1.29, 1.82) is 0 Å². The number of piperazine rings is 2. The van der Waals surface area contributed by atoms with Gasteiger partial charge in [0.2, 0.25) is 45.9 Å². The van der Waals surface area contributed by atoms with Crippen LogP contribution in [-0.4, -0.2) is 180 Å². The molecule has 30 heteroatoms. The minimum atomic E-state index is -1.27. The molecule has 5 aliphatic rings. The Balaban J connectivity index is 0.000000139. The summed E-state index contributed by atoms with van der Waals surface area (Å²) in [6, 6.07) is 44.4. The van der Waals surface area contributed by atoms with Crippen molar-refractivity contribution in [3.63, 3.8) is 0 Å². The zero-order valence-corrected chi connectivity index (χ0v) is 66.0. The number of fused-ring (bicyclic) bond motifs is 5. The molecule has 2 aliphatic carbocycles. The van der Waals surface area contributed by atoms with E-state index >= 15 is 0 Å². The van der Waals surface area contributed by atoms with Gasteiger partial charge < -0.3 is 50.3 Å². The molecule has 17 rings (SSSR count). The van der Waals surface area contributed by atoms with Gasteiger partial charge in [-0.25, -0.2) is 30.7 Å². The molecule has 3 saturated heterocycles. The van der Waals surface area contributed by atoms with Crippen molar-refractivity contribution in [1.82, 2.24) is 79.9 Å². The number of hydroxylamine groups is 2. The van der Waals surface area contributed by atoms with Crippen LogP contribution in [0.15, 0.2) is 185 Å². The van der Waals surface area contributed by atoms with Crippen molar-refractivity contribution in [2.45, 2.75) is 83.5 Å². The highest BCUT2D eigenvalue weighted by atomic mass is 16.6.